The second kappa shape index (κ2) is 8.78. The van der Waals surface area contributed by atoms with Gasteiger partial charge in [-0.25, -0.2) is 14.4 Å². The van der Waals surface area contributed by atoms with E-state index in [2.05, 4.69) is 31.2 Å². The molecule has 0 atom stereocenters. The molecule has 0 radical (unpaired) electrons. The highest BCUT2D eigenvalue weighted by atomic mass is 79.9. The van der Waals surface area contributed by atoms with Crippen molar-refractivity contribution in [3.05, 3.63) is 87.0 Å². The van der Waals surface area contributed by atoms with Gasteiger partial charge in [0.1, 0.15) is 5.82 Å². The number of hydrogen-bond donors (Lipinski definition) is 3. The Morgan fingerprint density at radius 2 is 1.93 bits per heavy atom. The van der Waals surface area contributed by atoms with Crippen LogP contribution in [0, 0.1) is 5.82 Å². The van der Waals surface area contributed by atoms with E-state index in [-0.39, 0.29) is 29.8 Å². The zero-order chi connectivity index (χ0) is 21.0. The van der Waals surface area contributed by atoms with Gasteiger partial charge in [0.15, 0.2) is 11.5 Å². The van der Waals surface area contributed by atoms with Crippen LogP contribution in [-0.2, 0) is 13.0 Å². The topological polar surface area (TPSA) is 124 Å². The van der Waals surface area contributed by atoms with Crippen molar-refractivity contribution in [1.29, 1.82) is 0 Å². The molecule has 7 nitrogen and oxygen atoms in total. The van der Waals surface area contributed by atoms with Crippen molar-refractivity contribution in [2.75, 3.05) is 5.73 Å². The molecule has 1 heterocycles. The van der Waals surface area contributed by atoms with Crippen LogP contribution < -0.4 is 16.8 Å². The third kappa shape index (κ3) is 5.14. The minimum absolute atomic E-state index is 0.0261. The molecular weight excluding hydrogens is 441 g/mol. The average molecular weight is 458 g/mol. The monoisotopic (exact) mass is 457 g/mol. The number of carbonyl (C=O) groups is 2. The van der Waals surface area contributed by atoms with Crippen molar-refractivity contribution in [3.8, 4) is 0 Å². The normalized spacial score (nSPS) is 10.6. The van der Waals surface area contributed by atoms with Crippen LogP contribution in [-0.4, -0.2) is 21.8 Å². The number of aromatic nitrogens is 2. The van der Waals surface area contributed by atoms with Crippen molar-refractivity contribution < 1.29 is 14.0 Å². The van der Waals surface area contributed by atoms with Crippen LogP contribution in [0.3, 0.4) is 0 Å². The minimum atomic E-state index is -0.752. The van der Waals surface area contributed by atoms with E-state index < -0.39 is 5.91 Å². The number of halogens is 2. The molecule has 3 rings (SSSR count). The van der Waals surface area contributed by atoms with Crippen molar-refractivity contribution >= 4 is 33.6 Å². The Morgan fingerprint density at radius 1 is 1.14 bits per heavy atom. The third-order valence-electron chi connectivity index (χ3n) is 4.10. The standard InChI is InChI=1S/C20H17BrFN5O2/c21-15-8-12(4-5-16(15)22)9-26-20(29)13-3-1-2-11(6-13)7-14-10-25-18(23)17(27-14)19(24)28/h1-6,8,10H,7,9H2,(H2,23,25)(H2,24,28)(H,26,29). The predicted octanol–water partition coefficient (Wildman–Crippen LogP) is 2.58. The fourth-order valence-electron chi connectivity index (χ4n) is 2.67. The number of hydrogen-bond acceptors (Lipinski definition) is 5. The van der Waals surface area contributed by atoms with Gasteiger partial charge in [0.25, 0.3) is 11.8 Å². The zero-order valence-electron chi connectivity index (χ0n) is 15.2. The number of benzene rings is 2. The molecule has 0 aliphatic carbocycles. The van der Waals surface area contributed by atoms with E-state index in [1.807, 2.05) is 6.07 Å². The molecule has 5 N–H and O–H groups in total. The van der Waals surface area contributed by atoms with Crippen molar-refractivity contribution in [1.82, 2.24) is 15.3 Å². The van der Waals surface area contributed by atoms with Gasteiger partial charge in [-0.3, -0.25) is 9.59 Å². The first-order valence-corrected chi connectivity index (χ1v) is 9.35. The number of nitrogens with zero attached hydrogens (tertiary/aromatic N) is 2. The molecule has 0 saturated carbocycles. The van der Waals surface area contributed by atoms with Gasteiger partial charge < -0.3 is 16.8 Å². The maximum absolute atomic E-state index is 13.3. The third-order valence-corrected chi connectivity index (χ3v) is 4.70. The fourth-order valence-corrected chi connectivity index (χ4v) is 3.09. The summed E-state index contributed by atoms with van der Waals surface area (Å²) in [4.78, 5) is 31.9. The molecule has 2 amide bonds. The lowest BCUT2D eigenvalue weighted by Crippen LogP contribution is -2.23. The lowest BCUT2D eigenvalue weighted by molar-refractivity contribution is 0.0949. The summed E-state index contributed by atoms with van der Waals surface area (Å²) >= 11 is 3.12. The molecule has 0 fully saturated rings. The van der Waals surface area contributed by atoms with Gasteiger partial charge in [0, 0.05) is 18.5 Å². The molecular formula is C20H17BrFN5O2. The van der Waals surface area contributed by atoms with E-state index in [0.29, 0.717) is 22.2 Å². The van der Waals surface area contributed by atoms with E-state index in [4.69, 9.17) is 11.5 Å². The number of amides is 2. The second-order valence-corrected chi connectivity index (χ2v) is 7.12. The highest BCUT2D eigenvalue weighted by Crippen LogP contribution is 2.17. The molecule has 29 heavy (non-hydrogen) atoms. The summed E-state index contributed by atoms with van der Waals surface area (Å²) < 4.78 is 13.6. The molecule has 2 aromatic carbocycles. The first-order valence-electron chi connectivity index (χ1n) is 8.55. The van der Waals surface area contributed by atoms with Crippen LogP contribution in [0.5, 0.6) is 0 Å². The first-order chi connectivity index (χ1) is 13.8. The molecule has 0 unspecified atom stereocenters. The smallest absolute Gasteiger partial charge is 0.271 e. The number of nitrogens with two attached hydrogens (primary N) is 2. The highest BCUT2D eigenvalue weighted by molar-refractivity contribution is 9.10. The Balaban J connectivity index is 1.70. The number of carbonyl (C=O) groups excluding carboxylic acids is 2. The lowest BCUT2D eigenvalue weighted by atomic mass is 10.1. The molecule has 3 aromatic rings. The summed E-state index contributed by atoms with van der Waals surface area (Å²) in [6.45, 7) is 0.257. The molecule has 0 aliphatic heterocycles. The predicted molar refractivity (Wildman–Crippen MR) is 109 cm³/mol. The van der Waals surface area contributed by atoms with Crippen LogP contribution in [0.2, 0.25) is 0 Å². The maximum Gasteiger partial charge on any atom is 0.271 e. The molecule has 1 aromatic heterocycles. The Hall–Kier alpha value is -3.33. The SMILES string of the molecule is NC(=O)c1nc(Cc2cccc(C(=O)NCc3ccc(F)c(Br)c3)c2)cnc1N. The lowest BCUT2D eigenvalue weighted by Gasteiger charge is -2.08. The summed E-state index contributed by atoms with van der Waals surface area (Å²) in [7, 11) is 0. The van der Waals surface area contributed by atoms with Gasteiger partial charge >= 0.3 is 0 Å². The van der Waals surface area contributed by atoms with Crippen LogP contribution in [0.25, 0.3) is 0 Å². The van der Waals surface area contributed by atoms with Crippen molar-refractivity contribution in [2.24, 2.45) is 5.73 Å². The zero-order valence-corrected chi connectivity index (χ0v) is 16.7. The molecule has 9 heteroatoms. The highest BCUT2D eigenvalue weighted by Gasteiger charge is 2.12. The number of nitrogen functional groups attached to an aromatic ring is 1. The number of nitrogens with one attached hydrogen (secondary N) is 1. The molecule has 0 spiro atoms. The number of primary amides is 1. The van der Waals surface area contributed by atoms with Crippen LogP contribution in [0.4, 0.5) is 10.2 Å². The van der Waals surface area contributed by atoms with E-state index in [9.17, 15) is 14.0 Å². The second-order valence-electron chi connectivity index (χ2n) is 6.27. The van der Waals surface area contributed by atoms with Gasteiger partial charge in [-0.05, 0) is 51.3 Å². The average Bonchev–Trinajstić information content (AvgIpc) is 2.70. The number of anilines is 1. The largest absolute Gasteiger partial charge is 0.382 e. The quantitative estimate of drug-likeness (QED) is 0.524. The summed E-state index contributed by atoms with van der Waals surface area (Å²) in [5.41, 5.74) is 13.3. The Labute approximate surface area is 174 Å². The van der Waals surface area contributed by atoms with Gasteiger partial charge in [-0.15, -0.1) is 0 Å². The summed E-state index contributed by atoms with van der Waals surface area (Å²) in [5.74, 6) is -1.41. The van der Waals surface area contributed by atoms with Crippen LogP contribution in [0.15, 0.2) is 53.1 Å². The van der Waals surface area contributed by atoms with E-state index in [1.165, 1.54) is 12.3 Å². The van der Waals surface area contributed by atoms with Crippen LogP contribution in [0.1, 0.15) is 37.7 Å². The Bertz CT molecular complexity index is 1090. The van der Waals surface area contributed by atoms with E-state index in [0.717, 1.165) is 11.1 Å². The molecule has 0 aliphatic rings. The molecule has 148 valence electrons. The first kappa shape index (κ1) is 20.4. The van der Waals surface area contributed by atoms with Gasteiger partial charge in [0.2, 0.25) is 0 Å². The van der Waals surface area contributed by atoms with Gasteiger partial charge in [-0.1, -0.05) is 18.2 Å². The van der Waals surface area contributed by atoms with Crippen molar-refractivity contribution in [2.45, 2.75) is 13.0 Å². The summed E-state index contributed by atoms with van der Waals surface area (Å²) in [6.07, 6.45) is 1.81. The van der Waals surface area contributed by atoms with Crippen molar-refractivity contribution in [3.63, 3.8) is 0 Å². The molecule has 0 bridgehead atoms. The Kier molecular flexibility index (Phi) is 6.18. The van der Waals surface area contributed by atoms with E-state index >= 15 is 0 Å². The minimum Gasteiger partial charge on any atom is -0.382 e. The van der Waals surface area contributed by atoms with E-state index in [1.54, 1.807) is 30.3 Å². The number of rotatable bonds is 6. The summed E-state index contributed by atoms with van der Waals surface area (Å²) in [5, 5.41) is 2.80. The van der Waals surface area contributed by atoms with Crippen LogP contribution >= 0.6 is 15.9 Å². The molecule has 0 saturated heterocycles. The summed E-state index contributed by atoms with van der Waals surface area (Å²) in [6, 6.07) is 11.5. The maximum atomic E-state index is 13.3. The van der Waals surface area contributed by atoms with Gasteiger partial charge in [-0.2, -0.15) is 0 Å². The van der Waals surface area contributed by atoms with Gasteiger partial charge in [0.05, 0.1) is 16.4 Å². The fraction of sp³-hybridized carbons (Fsp3) is 0.100. The Morgan fingerprint density at radius 3 is 2.66 bits per heavy atom.